The minimum absolute atomic E-state index is 0.0182. The predicted molar refractivity (Wildman–Crippen MR) is 79.3 cm³/mol. The Balaban J connectivity index is 1.81. The molecule has 1 aromatic heterocycles. The Morgan fingerprint density at radius 2 is 2.19 bits per heavy atom. The Hall–Kier alpha value is -1.56. The Morgan fingerprint density at radius 1 is 1.43 bits per heavy atom. The van der Waals surface area contributed by atoms with E-state index in [-0.39, 0.29) is 18.2 Å². The lowest BCUT2D eigenvalue weighted by atomic mass is 10.1. The second kappa shape index (κ2) is 6.93. The van der Waals surface area contributed by atoms with E-state index in [2.05, 4.69) is 17.4 Å². The van der Waals surface area contributed by atoms with Gasteiger partial charge in [0.25, 0.3) is 0 Å². The van der Waals surface area contributed by atoms with Crippen molar-refractivity contribution in [2.45, 2.75) is 52.7 Å². The number of nitrogens with one attached hydrogen (secondary N) is 1. The molecule has 0 bridgehead atoms. The highest BCUT2D eigenvalue weighted by molar-refractivity contribution is 5.74. The highest BCUT2D eigenvalue weighted by Gasteiger charge is 2.27. The van der Waals surface area contributed by atoms with Crippen LogP contribution in [0, 0.1) is 13.8 Å². The first-order valence-electron chi connectivity index (χ1n) is 7.61. The number of ether oxygens (including phenoxy) is 1. The number of carbonyl (C=O) groups excluding carboxylic acids is 1. The maximum atomic E-state index is 12.2. The lowest BCUT2D eigenvalue weighted by Crippen LogP contribution is -2.52. The van der Waals surface area contributed by atoms with Crippen LogP contribution in [0.3, 0.4) is 0 Å². The van der Waals surface area contributed by atoms with Gasteiger partial charge in [0.05, 0.1) is 17.9 Å². The zero-order valence-electron chi connectivity index (χ0n) is 13.3. The first-order chi connectivity index (χ1) is 10.0. The monoisotopic (exact) mass is 295 g/mol. The normalized spacial score (nSPS) is 22.4. The summed E-state index contributed by atoms with van der Waals surface area (Å²) in [5.41, 5.74) is 1.98. The van der Waals surface area contributed by atoms with E-state index < -0.39 is 0 Å². The summed E-state index contributed by atoms with van der Waals surface area (Å²) in [6, 6.07) is -0.0182. The number of hydrogen-bond acceptors (Lipinski definition) is 4. The van der Waals surface area contributed by atoms with Crippen molar-refractivity contribution in [1.82, 2.24) is 15.4 Å². The SMILES string of the molecule is CC[C@@H]1CN(C(=O)NCCc2c(C)noc2C)C[C@H](C)O1. The fourth-order valence-electron chi connectivity index (χ4n) is 2.70. The van der Waals surface area contributed by atoms with E-state index in [1.54, 1.807) is 0 Å². The van der Waals surface area contributed by atoms with Gasteiger partial charge in [0.1, 0.15) is 5.76 Å². The third kappa shape index (κ3) is 3.97. The van der Waals surface area contributed by atoms with Crippen LogP contribution in [-0.2, 0) is 11.2 Å². The third-order valence-corrected chi connectivity index (χ3v) is 3.90. The van der Waals surface area contributed by atoms with E-state index in [4.69, 9.17) is 9.26 Å². The number of urea groups is 1. The number of morpholine rings is 1. The van der Waals surface area contributed by atoms with Crippen molar-refractivity contribution >= 4 is 6.03 Å². The van der Waals surface area contributed by atoms with Gasteiger partial charge in [-0.1, -0.05) is 12.1 Å². The molecule has 2 atom stereocenters. The van der Waals surface area contributed by atoms with Crippen molar-refractivity contribution in [2.24, 2.45) is 0 Å². The number of amides is 2. The minimum atomic E-state index is -0.0182. The summed E-state index contributed by atoms with van der Waals surface area (Å²) in [4.78, 5) is 14.1. The summed E-state index contributed by atoms with van der Waals surface area (Å²) in [6.45, 7) is 9.80. The summed E-state index contributed by atoms with van der Waals surface area (Å²) < 4.78 is 10.9. The van der Waals surface area contributed by atoms with Crippen LogP contribution in [-0.4, -0.2) is 47.9 Å². The predicted octanol–water partition coefficient (Wildman–Crippen LogP) is 2.04. The number of aryl methyl sites for hydroxylation is 2. The van der Waals surface area contributed by atoms with Crippen LogP contribution in [0.4, 0.5) is 4.79 Å². The molecule has 2 rings (SSSR count). The van der Waals surface area contributed by atoms with E-state index in [1.807, 2.05) is 25.7 Å². The van der Waals surface area contributed by atoms with Crippen molar-refractivity contribution < 1.29 is 14.1 Å². The van der Waals surface area contributed by atoms with E-state index in [0.717, 1.165) is 29.9 Å². The molecule has 6 nitrogen and oxygen atoms in total. The van der Waals surface area contributed by atoms with Gasteiger partial charge < -0.3 is 19.5 Å². The zero-order chi connectivity index (χ0) is 15.4. The summed E-state index contributed by atoms with van der Waals surface area (Å²) in [7, 11) is 0. The van der Waals surface area contributed by atoms with Gasteiger partial charge in [-0.05, 0) is 33.6 Å². The topological polar surface area (TPSA) is 67.6 Å². The number of nitrogens with zero attached hydrogens (tertiary/aromatic N) is 2. The highest BCUT2D eigenvalue weighted by atomic mass is 16.5. The van der Waals surface area contributed by atoms with Crippen molar-refractivity contribution in [3.8, 4) is 0 Å². The van der Waals surface area contributed by atoms with Gasteiger partial charge in [0.15, 0.2) is 0 Å². The van der Waals surface area contributed by atoms with Gasteiger partial charge >= 0.3 is 6.03 Å². The highest BCUT2D eigenvalue weighted by Crippen LogP contribution is 2.14. The van der Waals surface area contributed by atoms with Gasteiger partial charge in [-0.2, -0.15) is 0 Å². The average Bonchev–Trinajstić information content (AvgIpc) is 2.78. The van der Waals surface area contributed by atoms with Gasteiger partial charge in [0, 0.05) is 25.2 Å². The Labute approximate surface area is 125 Å². The molecule has 21 heavy (non-hydrogen) atoms. The summed E-state index contributed by atoms with van der Waals surface area (Å²) in [5.74, 6) is 0.827. The Kier molecular flexibility index (Phi) is 5.22. The maximum absolute atomic E-state index is 12.2. The van der Waals surface area contributed by atoms with Crippen molar-refractivity contribution in [3.05, 3.63) is 17.0 Å². The molecule has 2 amide bonds. The van der Waals surface area contributed by atoms with Crippen molar-refractivity contribution in [3.63, 3.8) is 0 Å². The van der Waals surface area contributed by atoms with Gasteiger partial charge in [0.2, 0.25) is 0 Å². The molecular formula is C15H25N3O3. The van der Waals surface area contributed by atoms with E-state index >= 15 is 0 Å². The first kappa shape index (κ1) is 15.8. The fourth-order valence-corrected chi connectivity index (χ4v) is 2.70. The molecule has 1 saturated heterocycles. The lowest BCUT2D eigenvalue weighted by Gasteiger charge is -2.36. The molecule has 0 unspecified atom stereocenters. The molecule has 1 aromatic rings. The second-order valence-corrected chi connectivity index (χ2v) is 5.67. The van der Waals surface area contributed by atoms with E-state index in [9.17, 15) is 4.79 Å². The molecule has 2 heterocycles. The van der Waals surface area contributed by atoms with Crippen LogP contribution in [0.5, 0.6) is 0 Å². The molecule has 1 aliphatic rings. The van der Waals surface area contributed by atoms with Crippen LogP contribution in [0.15, 0.2) is 4.52 Å². The van der Waals surface area contributed by atoms with Gasteiger partial charge in [-0.3, -0.25) is 0 Å². The van der Waals surface area contributed by atoms with Crippen LogP contribution in [0.1, 0.15) is 37.3 Å². The molecule has 0 aliphatic carbocycles. The van der Waals surface area contributed by atoms with Crippen LogP contribution >= 0.6 is 0 Å². The molecular weight excluding hydrogens is 270 g/mol. The Morgan fingerprint density at radius 3 is 2.81 bits per heavy atom. The van der Waals surface area contributed by atoms with E-state index in [1.165, 1.54) is 0 Å². The molecule has 0 spiro atoms. The molecule has 0 radical (unpaired) electrons. The van der Waals surface area contributed by atoms with Crippen LogP contribution < -0.4 is 5.32 Å². The van der Waals surface area contributed by atoms with Gasteiger partial charge in [-0.25, -0.2) is 4.79 Å². The van der Waals surface area contributed by atoms with Crippen molar-refractivity contribution in [1.29, 1.82) is 0 Å². The standard InChI is InChI=1S/C15H25N3O3/c1-5-13-9-18(8-10(2)20-13)15(19)16-7-6-14-11(3)17-21-12(14)4/h10,13H,5-9H2,1-4H3,(H,16,19)/t10-,13+/m0/s1. The summed E-state index contributed by atoms with van der Waals surface area (Å²) in [6.07, 6.45) is 1.90. The van der Waals surface area contributed by atoms with Crippen LogP contribution in [0.2, 0.25) is 0 Å². The molecule has 0 aromatic carbocycles. The molecule has 1 N–H and O–H groups in total. The molecule has 6 heteroatoms. The third-order valence-electron chi connectivity index (χ3n) is 3.90. The maximum Gasteiger partial charge on any atom is 0.317 e. The first-order valence-corrected chi connectivity index (χ1v) is 7.61. The molecule has 0 saturated carbocycles. The van der Waals surface area contributed by atoms with E-state index in [0.29, 0.717) is 19.6 Å². The summed E-state index contributed by atoms with van der Waals surface area (Å²) >= 11 is 0. The van der Waals surface area contributed by atoms with Crippen LogP contribution in [0.25, 0.3) is 0 Å². The quantitative estimate of drug-likeness (QED) is 0.923. The molecule has 118 valence electrons. The summed E-state index contributed by atoms with van der Waals surface area (Å²) in [5, 5.41) is 6.89. The lowest BCUT2D eigenvalue weighted by molar-refractivity contribution is -0.0645. The number of carbonyl (C=O) groups is 1. The molecule has 1 aliphatic heterocycles. The fraction of sp³-hybridized carbons (Fsp3) is 0.733. The smallest absolute Gasteiger partial charge is 0.317 e. The minimum Gasteiger partial charge on any atom is -0.372 e. The number of hydrogen-bond donors (Lipinski definition) is 1. The van der Waals surface area contributed by atoms with Crippen molar-refractivity contribution in [2.75, 3.05) is 19.6 Å². The largest absolute Gasteiger partial charge is 0.372 e. The number of rotatable bonds is 4. The molecule has 1 fully saturated rings. The number of aromatic nitrogens is 1. The average molecular weight is 295 g/mol. The van der Waals surface area contributed by atoms with Gasteiger partial charge in [-0.15, -0.1) is 0 Å². The Bertz CT molecular complexity index is 467. The zero-order valence-corrected chi connectivity index (χ0v) is 13.3. The second-order valence-electron chi connectivity index (χ2n) is 5.67.